The third-order valence-corrected chi connectivity index (χ3v) is 3.28. The predicted octanol–water partition coefficient (Wildman–Crippen LogP) is 2.94. The monoisotopic (exact) mass is 169 g/mol. The van der Waals surface area contributed by atoms with Gasteiger partial charge in [-0.3, -0.25) is 0 Å². The Morgan fingerprint density at radius 3 is 2.75 bits per heavy atom. The number of hydrogen-bond donors (Lipinski definition) is 1. The van der Waals surface area contributed by atoms with E-state index in [0.717, 1.165) is 11.8 Å². The standard InChI is InChI=1S/C11H23N/c1-4-10-7-9(2)5-6-11(3,12)8-10/h9-10H,4-8,12H2,1-3H3/t9?,10-,11-/m0/s1. The lowest BCUT2D eigenvalue weighted by Crippen LogP contribution is -2.36. The fourth-order valence-electron chi connectivity index (χ4n) is 2.42. The minimum atomic E-state index is 0.117. The van der Waals surface area contributed by atoms with E-state index >= 15 is 0 Å². The lowest BCUT2D eigenvalue weighted by Gasteiger charge is -2.25. The van der Waals surface area contributed by atoms with Crippen LogP contribution in [0, 0.1) is 11.8 Å². The van der Waals surface area contributed by atoms with Crippen molar-refractivity contribution in [2.24, 2.45) is 17.6 Å². The van der Waals surface area contributed by atoms with E-state index in [2.05, 4.69) is 20.8 Å². The molecule has 0 amide bonds. The number of rotatable bonds is 1. The van der Waals surface area contributed by atoms with Crippen molar-refractivity contribution in [3.63, 3.8) is 0 Å². The third-order valence-electron chi connectivity index (χ3n) is 3.28. The van der Waals surface area contributed by atoms with Gasteiger partial charge in [-0.2, -0.15) is 0 Å². The lowest BCUT2D eigenvalue weighted by atomic mass is 9.87. The van der Waals surface area contributed by atoms with E-state index in [4.69, 9.17) is 5.73 Å². The van der Waals surface area contributed by atoms with Crippen molar-refractivity contribution >= 4 is 0 Å². The summed E-state index contributed by atoms with van der Waals surface area (Å²) < 4.78 is 0. The van der Waals surface area contributed by atoms with Crippen LogP contribution >= 0.6 is 0 Å². The van der Waals surface area contributed by atoms with Crippen LogP contribution in [-0.4, -0.2) is 5.54 Å². The van der Waals surface area contributed by atoms with Crippen molar-refractivity contribution in [1.82, 2.24) is 0 Å². The van der Waals surface area contributed by atoms with Gasteiger partial charge in [0.05, 0.1) is 0 Å². The van der Waals surface area contributed by atoms with Crippen LogP contribution in [0.25, 0.3) is 0 Å². The fourth-order valence-corrected chi connectivity index (χ4v) is 2.42. The average molecular weight is 169 g/mol. The first kappa shape index (κ1) is 10.0. The number of hydrogen-bond acceptors (Lipinski definition) is 1. The van der Waals surface area contributed by atoms with E-state index in [9.17, 15) is 0 Å². The second kappa shape index (κ2) is 3.78. The first-order valence-corrected chi connectivity index (χ1v) is 5.32. The van der Waals surface area contributed by atoms with Crippen LogP contribution in [0.2, 0.25) is 0 Å². The van der Waals surface area contributed by atoms with E-state index in [1.165, 1.54) is 32.1 Å². The molecule has 12 heavy (non-hydrogen) atoms. The Kier molecular flexibility index (Phi) is 3.16. The minimum absolute atomic E-state index is 0.117. The zero-order valence-corrected chi connectivity index (χ0v) is 8.77. The SMILES string of the molecule is CC[C@H]1CC(C)CC[C@](C)(N)C1. The molecule has 0 aromatic heterocycles. The summed E-state index contributed by atoms with van der Waals surface area (Å²) in [5.41, 5.74) is 6.32. The van der Waals surface area contributed by atoms with Gasteiger partial charge in [0.25, 0.3) is 0 Å². The van der Waals surface area contributed by atoms with Gasteiger partial charge in [0, 0.05) is 5.54 Å². The molecule has 1 saturated carbocycles. The highest BCUT2D eigenvalue weighted by molar-refractivity contribution is 4.85. The molecule has 1 fully saturated rings. The van der Waals surface area contributed by atoms with Gasteiger partial charge in [-0.05, 0) is 44.4 Å². The van der Waals surface area contributed by atoms with Crippen molar-refractivity contribution in [1.29, 1.82) is 0 Å². The Balaban J connectivity index is 2.56. The molecule has 0 aromatic carbocycles. The average Bonchev–Trinajstić information content (AvgIpc) is 2.10. The molecule has 3 atom stereocenters. The maximum atomic E-state index is 6.21. The van der Waals surface area contributed by atoms with E-state index in [0.29, 0.717) is 0 Å². The first-order valence-electron chi connectivity index (χ1n) is 5.32. The van der Waals surface area contributed by atoms with Gasteiger partial charge in [-0.25, -0.2) is 0 Å². The van der Waals surface area contributed by atoms with E-state index in [-0.39, 0.29) is 5.54 Å². The van der Waals surface area contributed by atoms with Crippen molar-refractivity contribution < 1.29 is 0 Å². The summed E-state index contributed by atoms with van der Waals surface area (Å²) in [4.78, 5) is 0. The molecule has 0 spiro atoms. The Labute approximate surface area is 76.7 Å². The molecule has 1 rings (SSSR count). The van der Waals surface area contributed by atoms with Crippen LogP contribution in [0.1, 0.15) is 52.9 Å². The Morgan fingerprint density at radius 2 is 2.17 bits per heavy atom. The highest BCUT2D eigenvalue weighted by atomic mass is 14.7. The van der Waals surface area contributed by atoms with Crippen molar-refractivity contribution in [3.05, 3.63) is 0 Å². The molecule has 72 valence electrons. The summed E-state index contributed by atoms with van der Waals surface area (Å²) in [5.74, 6) is 1.76. The highest BCUT2D eigenvalue weighted by Crippen LogP contribution is 2.33. The largest absolute Gasteiger partial charge is 0.325 e. The van der Waals surface area contributed by atoms with Crippen LogP contribution in [0.4, 0.5) is 0 Å². The summed E-state index contributed by atoms with van der Waals surface area (Å²) in [5, 5.41) is 0. The van der Waals surface area contributed by atoms with Gasteiger partial charge in [0.1, 0.15) is 0 Å². The van der Waals surface area contributed by atoms with Crippen molar-refractivity contribution in [3.8, 4) is 0 Å². The number of nitrogens with two attached hydrogens (primary N) is 1. The highest BCUT2D eigenvalue weighted by Gasteiger charge is 2.28. The second-order valence-corrected chi connectivity index (χ2v) is 5.01. The molecule has 0 heterocycles. The molecule has 0 aromatic rings. The zero-order valence-electron chi connectivity index (χ0n) is 8.77. The molecule has 1 heteroatoms. The first-order chi connectivity index (χ1) is 5.53. The second-order valence-electron chi connectivity index (χ2n) is 5.01. The predicted molar refractivity (Wildman–Crippen MR) is 54.0 cm³/mol. The van der Waals surface area contributed by atoms with Gasteiger partial charge in [0.2, 0.25) is 0 Å². The Bertz CT molecular complexity index is 140. The quantitative estimate of drug-likeness (QED) is 0.600. The third kappa shape index (κ3) is 2.78. The van der Waals surface area contributed by atoms with E-state index < -0.39 is 0 Å². The van der Waals surface area contributed by atoms with Gasteiger partial charge < -0.3 is 5.73 Å². The summed E-state index contributed by atoms with van der Waals surface area (Å²) in [7, 11) is 0. The molecule has 0 saturated heterocycles. The molecule has 0 aliphatic heterocycles. The molecular weight excluding hydrogens is 146 g/mol. The van der Waals surface area contributed by atoms with Crippen LogP contribution < -0.4 is 5.73 Å². The minimum Gasteiger partial charge on any atom is -0.325 e. The summed E-state index contributed by atoms with van der Waals surface area (Å²) >= 11 is 0. The molecule has 2 N–H and O–H groups in total. The van der Waals surface area contributed by atoms with Crippen LogP contribution in [0.15, 0.2) is 0 Å². The van der Waals surface area contributed by atoms with Crippen LogP contribution in [0.5, 0.6) is 0 Å². The van der Waals surface area contributed by atoms with Gasteiger partial charge in [0.15, 0.2) is 0 Å². The molecule has 0 bridgehead atoms. The van der Waals surface area contributed by atoms with Gasteiger partial charge >= 0.3 is 0 Å². The van der Waals surface area contributed by atoms with Gasteiger partial charge in [-0.1, -0.05) is 20.3 Å². The van der Waals surface area contributed by atoms with Crippen LogP contribution in [0.3, 0.4) is 0 Å². The van der Waals surface area contributed by atoms with Crippen LogP contribution in [-0.2, 0) is 0 Å². The normalized spacial score (nSPS) is 44.0. The molecule has 1 unspecified atom stereocenters. The molecule has 1 aliphatic carbocycles. The Hall–Kier alpha value is -0.0400. The Morgan fingerprint density at radius 1 is 1.50 bits per heavy atom. The maximum absolute atomic E-state index is 6.21. The topological polar surface area (TPSA) is 26.0 Å². The molecule has 0 radical (unpaired) electrons. The summed E-state index contributed by atoms with van der Waals surface area (Å²) in [6, 6.07) is 0. The smallest absolute Gasteiger partial charge is 0.0128 e. The van der Waals surface area contributed by atoms with Crippen molar-refractivity contribution in [2.45, 2.75) is 58.4 Å². The fraction of sp³-hybridized carbons (Fsp3) is 1.00. The zero-order chi connectivity index (χ0) is 9.19. The molecule has 1 nitrogen and oxygen atoms in total. The van der Waals surface area contributed by atoms with Crippen molar-refractivity contribution in [2.75, 3.05) is 0 Å². The summed E-state index contributed by atoms with van der Waals surface area (Å²) in [6.45, 7) is 6.87. The maximum Gasteiger partial charge on any atom is 0.0128 e. The molecular formula is C11H23N. The molecule has 1 aliphatic rings. The van der Waals surface area contributed by atoms with E-state index in [1.54, 1.807) is 0 Å². The van der Waals surface area contributed by atoms with Gasteiger partial charge in [-0.15, -0.1) is 0 Å². The lowest BCUT2D eigenvalue weighted by molar-refractivity contribution is 0.331. The van der Waals surface area contributed by atoms with E-state index in [1.807, 2.05) is 0 Å². The summed E-state index contributed by atoms with van der Waals surface area (Å²) in [6.07, 6.45) is 6.46.